The van der Waals surface area contributed by atoms with Crippen molar-refractivity contribution in [2.45, 2.75) is 66.2 Å². The second kappa shape index (κ2) is 18.5. The first kappa shape index (κ1) is 43.3. The van der Waals surface area contributed by atoms with Crippen LogP contribution in [0.1, 0.15) is 97.4 Å². The minimum absolute atomic E-state index is 0.163. The van der Waals surface area contributed by atoms with Crippen LogP contribution in [0.5, 0.6) is 0 Å². The first-order valence-electron chi connectivity index (χ1n) is 22.0. The summed E-state index contributed by atoms with van der Waals surface area (Å²) in [6, 6.07) is 46.5. The van der Waals surface area contributed by atoms with E-state index in [-0.39, 0.29) is 10.8 Å². The van der Waals surface area contributed by atoms with Crippen molar-refractivity contribution in [2.24, 2.45) is 0 Å². The van der Waals surface area contributed by atoms with Crippen LogP contribution in [0.15, 0.2) is 152 Å². The van der Waals surface area contributed by atoms with Gasteiger partial charge in [-0.1, -0.05) is 133 Å². The highest BCUT2D eigenvalue weighted by Gasteiger charge is 2.24. The van der Waals surface area contributed by atoms with Gasteiger partial charge in [-0.2, -0.15) is 0 Å². The summed E-state index contributed by atoms with van der Waals surface area (Å²) in [6.45, 7) is 17.6. The van der Waals surface area contributed by atoms with Gasteiger partial charge in [-0.3, -0.25) is 15.0 Å². The van der Waals surface area contributed by atoms with E-state index in [1.165, 1.54) is 11.1 Å². The molecule has 0 aliphatic heterocycles. The summed E-state index contributed by atoms with van der Waals surface area (Å²) >= 11 is 0. The topological polar surface area (TPSA) is 64.5 Å². The average Bonchev–Trinajstić information content (AvgIpc) is 3.30. The van der Waals surface area contributed by atoms with Crippen LogP contribution in [0.4, 0.5) is 0 Å². The van der Waals surface area contributed by atoms with Crippen molar-refractivity contribution in [1.82, 2.24) is 24.9 Å². The Hall–Kier alpha value is -7.37. The third kappa shape index (κ3) is 10.4. The van der Waals surface area contributed by atoms with Crippen molar-refractivity contribution in [1.29, 1.82) is 0 Å². The summed E-state index contributed by atoms with van der Waals surface area (Å²) in [4.78, 5) is 24.3. The number of hydrogen-bond acceptors (Lipinski definition) is 5. The Balaban J connectivity index is 1.20. The molecule has 0 atom stereocenters. The predicted molar refractivity (Wildman–Crippen MR) is 270 cm³/mol. The maximum Gasteiger partial charge on any atom is 0.160 e. The molecular weight excluding hydrogens is 779 g/mol. The van der Waals surface area contributed by atoms with Crippen molar-refractivity contribution in [3.8, 4) is 45.2 Å². The number of hydrogen-bond donors (Lipinski definition) is 0. The summed E-state index contributed by atoms with van der Waals surface area (Å²) in [5.74, 6) is 0.712. The normalized spacial score (nSPS) is 12.2. The largest absolute Gasteiger partial charge is 0.256 e. The molecule has 0 unspecified atom stereocenters. The zero-order valence-electron chi connectivity index (χ0n) is 38.1. The van der Waals surface area contributed by atoms with E-state index in [2.05, 4.69) is 186 Å². The molecule has 0 bridgehead atoms. The Morgan fingerprint density at radius 3 is 1.11 bits per heavy atom. The minimum atomic E-state index is -0.163. The molecule has 8 aromatic rings. The standard InChI is InChI=1S/C59H55N5/c1-40-33-48(52-15-9-12-30-60-52)27-24-45(40)21-18-42-35-43(19-22-46-25-28-49(34-41(46)2)53-16-10-13-31-61-53)37-44(36-42)20-23-47-26-29-50(54-17-11-14-32-62-54)38-51(47)57-63-55(58(3,4)5)39-56(64-57)59(6,7)8/h9-39H,1-8H3/b21-18-,22-19?,23-20?. The lowest BCUT2D eigenvalue weighted by Gasteiger charge is -2.24. The van der Waals surface area contributed by atoms with Crippen LogP contribution in [-0.2, 0) is 10.8 Å². The monoisotopic (exact) mass is 833 g/mol. The molecule has 0 aliphatic carbocycles. The van der Waals surface area contributed by atoms with Crippen molar-refractivity contribution < 1.29 is 0 Å². The fourth-order valence-electron chi connectivity index (χ4n) is 7.58. The lowest BCUT2D eigenvalue weighted by atomic mass is 9.86. The van der Waals surface area contributed by atoms with Crippen LogP contribution in [0.3, 0.4) is 0 Å². The molecule has 0 fully saturated rings. The van der Waals surface area contributed by atoms with Gasteiger partial charge in [0, 0.05) is 51.7 Å². The summed E-state index contributed by atoms with van der Waals surface area (Å²) in [7, 11) is 0. The summed E-state index contributed by atoms with van der Waals surface area (Å²) in [5, 5.41) is 0. The molecule has 0 amide bonds. The van der Waals surface area contributed by atoms with Gasteiger partial charge in [0.05, 0.1) is 28.5 Å². The fourth-order valence-corrected chi connectivity index (χ4v) is 7.58. The van der Waals surface area contributed by atoms with Crippen LogP contribution in [-0.4, -0.2) is 24.9 Å². The van der Waals surface area contributed by atoms with Crippen LogP contribution < -0.4 is 0 Å². The first-order chi connectivity index (χ1) is 30.8. The Morgan fingerprint density at radius 2 is 0.750 bits per heavy atom. The third-order valence-electron chi connectivity index (χ3n) is 11.3. The Morgan fingerprint density at radius 1 is 0.375 bits per heavy atom. The molecule has 4 aromatic carbocycles. The number of aromatic nitrogens is 5. The fraction of sp³-hybridized carbons (Fsp3) is 0.169. The van der Waals surface area contributed by atoms with Gasteiger partial charge in [-0.25, -0.2) is 9.97 Å². The van der Waals surface area contributed by atoms with E-state index < -0.39 is 0 Å². The molecule has 0 aliphatic rings. The molecule has 5 nitrogen and oxygen atoms in total. The first-order valence-corrected chi connectivity index (χ1v) is 22.0. The van der Waals surface area contributed by atoms with Gasteiger partial charge in [0.1, 0.15) is 0 Å². The van der Waals surface area contributed by atoms with E-state index in [1.807, 2.05) is 73.2 Å². The molecule has 0 N–H and O–H groups in total. The smallest absolute Gasteiger partial charge is 0.160 e. The van der Waals surface area contributed by atoms with Gasteiger partial charge in [0.2, 0.25) is 0 Å². The van der Waals surface area contributed by atoms with E-state index in [9.17, 15) is 0 Å². The third-order valence-corrected chi connectivity index (χ3v) is 11.3. The number of rotatable bonds is 10. The zero-order chi connectivity index (χ0) is 44.8. The van der Waals surface area contributed by atoms with E-state index in [0.29, 0.717) is 5.82 Å². The summed E-state index contributed by atoms with van der Waals surface area (Å²) in [5.41, 5.74) is 17.7. The lowest BCUT2D eigenvalue weighted by molar-refractivity contribution is 0.539. The van der Waals surface area contributed by atoms with E-state index in [1.54, 1.807) is 0 Å². The Bertz CT molecular complexity index is 2850. The highest BCUT2D eigenvalue weighted by molar-refractivity contribution is 5.84. The number of benzene rings is 4. The van der Waals surface area contributed by atoms with Gasteiger partial charge >= 0.3 is 0 Å². The number of aryl methyl sites for hydroxylation is 2. The Kier molecular flexibility index (Phi) is 12.5. The van der Waals surface area contributed by atoms with E-state index in [4.69, 9.17) is 9.97 Å². The molecule has 4 heterocycles. The van der Waals surface area contributed by atoms with Crippen molar-refractivity contribution in [2.75, 3.05) is 0 Å². The molecule has 5 heteroatoms. The molecule has 316 valence electrons. The van der Waals surface area contributed by atoms with Crippen molar-refractivity contribution in [3.63, 3.8) is 0 Å². The quantitative estimate of drug-likeness (QED) is 0.128. The maximum atomic E-state index is 5.24. The lowest BCUT2D eigenvalue weighted by Crippen LogP contribution is -2.20. The predicted octanol–water partition coefficient (Wildman–Crippen LogP) is 15.1. The van der Waals surface area contributed by atoms with Crippen LogP contribution in [0.25, 0.3) is 81.6 Å². The second-order valence-electron chi connectivity index (χ2n) is 18.5. The molecule has 0 radical (unpaired) electrons. The van der Waals surface area contributed by atoms with Gasteiger partial charge in [-0.05, 0) is 137 Å². The highest BCUT2D eigenvalue weighted by Crippen LogP contribution is 2.34. The maximum absolute atomic E-state index is 5.24. The van der Waals surface area contributed by atoms with Crippen LogP contribution in [0.2, 0.25) is 0 Å². The van der Waals surface area contributed by atoms with Crippen molar-refractivity contribution >= 4 is 36.5 Å². The van der Waals surface area contributed by atoms with Crippen molar-refractivity contribution in [3.05, 3.63) is 208 Å². The molecule has 64 heavy (non-hydrogen) atoms. The SMILES string of the molecule is Cc1cc(-c2ccccn2)ccc1C=Cc1cc(C=Cc2ccc(-c3ccccn3)cc2-c2nc(C(C)(C)C)cc(C(C)(C)C)n2)cc(/C=C\c2ccc(-c3ccccn3)cc2C)c1. The van der Waals surface area contributed by atoms with Gasteiger partial charge in [-0.15, -0.1) is 0 Å². The Labute approximate surface area is 379 Å². The van der Waals surface area contributed by atoms with Gasteiger partial charge < -0.3 is 0 Å². The molecule has 0 saturated carbocycles. The average molecular weight is 834 g/mol. The molecule has 8 rings (SSSR count). The minimum Gasteiger partial charge on any atom is -0.256 e. The van der Waals surface area contributed by atoms with Crippen LogP contribution in [0, 0.1) is 13.8 Å². The van der Waals surface area contributed by atoms with E-state index in [0.717, 1.165) is 84.1 Å². The van der Waals surface area contributed by atoms with E-state index >= 15 is 0 Å². The molecule has 0 saturated heterocycles. The van der Waals surface area contributed by atoms with Gasteiger partial charge in [0.25, 0.3) is 0 Å². The second-order valence-corrected chi connectivity index (χ2v) is 18.5. The summed E-state index contributed by atoms with van der Waals surface area (Å²) < 4.78 is 0. The van der Waals surface area contributed by atoms with Gasteiger partial charge in [0.15, 0.2) is 5.82 Å². The molecule has 0 spiro atoms. The highest BCUT2D eigenvalue weighted by atomic mass is 14.9. The zero-order valence-corrected chi connectivity index (χ0v) is 38.1. The molecular formula is C59H55N5. The summed E-state index contributed by atoms with van der Waals surface area (Å²) in [6.07, 6.45) is 18.7. The number of pyridine rings is 3. The number of nitrogens with zero attached hydrogens (tertiary/aromatic N) is 5. The molecule has 4 aromatic heterocycles. The van der Waals surface area contributed by atoms with Crippen LogP contribution >= 0.6 is 0 Å².